The molecule has 23 rings (SSSR count). The van der Waals surface area contributed by atoms with E-state index in [4.69, 9.17) is 71.1 Å². The van der Waals surface area contributed by atoms with Crippen LogP contribution in [0.1, 0.15) is 12.8 Å². The van der Waals surface area contributed by atoms with Gasteiger partial charge < -0.3 is 173 Å². The van der Waals surface area contributed by atoms with Gasteiger partial charge in [0.15, 0.2) is 44.0 Å². The van der Waals surface area contributed by atoms with Gasteiger partial charge in [0.05, 0.1) is 45.6 Å². The molecule has 22 fully saturated rings. The zero-order valence-corrected chi connectivity index (χ0v) is 45.4. The number of allylic oxidation sites excluding steroid dienone is 2. The number of carbonyl (C=O) groups excluding carboxylic acids is 1. The maximum atomic E-state index is 13.6. The fraction of sp³-hybridized carbons (Fsp3) is 0.940. The highest BCUT2D eigenvalue weighted by Gasteiger charge is 2.60. The summed E-state index contributed by atoms with van der Waals surface area (Å²) in [5.74, 6) is -1.33. The predicted octanol–water partition coefficient (Wildman–Crippen LogP) is -13.5. The summed E-state index contributed by atoms with van der Waals surface area (Å²) in [7, 11) is 0. The second-order valence-electron chi connectivity index (χ2n) is 23.0. The molecule has 494 valence electrons. The van der Waals surface area contributed by atoms with Crippen molar-refractivity contribution in [1.29, 1.82) is 0 Å². The summed E-state index contributed by atoms with van der Waals surface area (Å²) >= 11 is 0. The zero-order chi connectivity index (χ0) is 61.9. The average molecular weight is 1260 g/mol. The first kappa shape index (κ1) is 66.8. The Hall–Kier alpha value is -2.15. The van der Waals surface area contributed by atoms with Crippen LogP contribution in [0.3, 0.4) is 0 Å². The predicted molar refractivity (Wildman–Crippen MR) is 261 cm³/mol. The molecule has 0 amide bonds. The Labute approximate surface area is 487 Å². The van der Waals surface area contributed by atoms with E-state index >= 15 is 0 Å². The third kappa shape index (κ3) is 12.9. The Balaban J connectivity index is 0.939. The number of esters is 1. The summed E-state index contributed by atoms with van der Waals surface area (Å²) in [5, 5.41) is 224. The molecule has 0 radical (unpaired) electrons. The molecule has 2 aliphatic carbocycles. The smallest absolute Gasteiger partial charge is 0.309 e. The van der Waals surface area contributed by atoms with Gasteiger partial charge in [0, 0.05) is 0 Å². The van der Waals surface area contributed by atoms with E-state index in [1.165, 1.54) is 0 Å². The minimum absolute atomic E-state index is 0.114. The molecule has 16 bridgehead atoms. The molecule has 1 saturated carbocycles. The van der Waals surface area contributed by atoms with Gasteiger partial charge in [-0.15, -0.1) is 0 Å². The molecule has 0 spiro atoms. The van der Waals surface area contributed by atoms with E-state index in [0.29, 0.717) is 12.8 Å². The van der Waals surface area contributed by atoms with Gasteiger partial charge in [0.25, 0.3) is 0 Å². The van der Waals surface area contributed by atoms with Crippen molar-refractivity contribution in [3.8, 4) is 0 Å². The quantitative estimate of drug-likeness (QED) is 0.0753. The Morgan fingerprint density at radius 3 is 0.721 bits per heavy atom. The van der Waals surface area contributed by atoms with Crippen molar-refractivity contribution >= 4 is 5.97 Å². The van der Waals surface area contributed by atoms with Crippen LogP contribution in [-0.4, -0.2) is 369 Å². The molecule has 0 aromatic heterocycles. The van der Waals surface area contributed by atoms with Crippen LogP contribution in [0.15, 0.2) is 12.2 Å². The molecule has 21 heterocycles. The van der Waals surface area contributed by atoms with Crippen molar-refractivity contribution in [2.75, 3.05) is 46.2 Å². The number of rotatable bonds is 9. The SMILES string of the molecule is O=C(OC[C@H]1O[C@@H]2O[C@H]3[C@H](O)[C@@H](O)[C@@H](O[C@H]4[C@H](O)[C@@H](O)[C@@H](O[C@H]5[C@H](O)[C@@H](O)[C@@H](O[C@H]6[C@H](O)[C@@H](O)[C@@H](O[C@H]7[C@H](O)[C@@H](O)[C@@H](O[C@H]8[C@H](O)[C@@H](O)[C@@H](O[C@H]1[C@H](O)[C@H]2O)O[C@@H]8CO)O[C@@H]7CO)O[C@@H]6CO)O[C@@H]5CO)O[C@@H]4CO)O[C@@H]3CO)[C@H]1C[C@@H]2C=C[C@H]1C2. The van der Waals surface area contributed by atoms with Crippen molar-refractivity contribution in [3.05, 3.63) is 12.2 Å². The molecule has 0 unspecified atom stereocenters. The molecule has 21 saturated heterocycles. The van der Waals surface area contributed by atoms with Crippen LogP contribution in [-0.2, 0) is 75.8 Å². The van der Waals surface area contributed by atoms with Crippen LogP contribution in [0.2, 0.25) is 0 Å². The van der Waals surface area contributed by atoms with E-state index in [2.05, 4.69) is 0 Å². The molecule has 36 nitrogen and oxygen atoms in total. The van der Waals surface area contributed by atoms with E-state index in [1.54, 1.807) is 0 Å². The molecule has 36 heteroatoms. The first-order valence-electron chi connectivity index (χ1n) is 28.3. The molecular formula is C50H78O36. The van der Waals surface area contributed by atoms with Gasteiger partial charge in [0.1, 0.15) is 178 Å². The summed E-state index contributed by atoms with van der Waals surface area (Å²) in [6, 6.07) is 0. The number of aliphatic hydroxyl groups excluding tert-OH is 20. The number of ether oxygens (including phenoxy) is 15. The van der Waals surface area contributed by atoms with E-state index in [1.807, 2.05) is 12.2 Å². The van der Waals surface area contributed by atoms with E-state index in [9.17, 15) is 107 Å². The van der Waals surface area contributed by atoms with Crippen molar-refractivity contribution in [1.82, 2.24) is 0 Å². The van der Waals surface area contributed by atoms with Gasteiger partial charge in [-0.25, -0.2) is 0 Å². The first-order chi connectivity index (χ1) is 41.0. The second kappa shape index (κ2) is 28.0. The molecular weight excluding hydrogens is 1180 g/mol. The van der Waals surface area contributed by atoms with Crippen LogP contribution in [0, 0.1) is 17.8 Å². The lowest BCUT2D eigenvalue weighted by molar-refractivity contribution is -0.396. The van der Waals surface area contributed by atoms with E-state index in [0.717, 1.165) is 0 Å². The number of fused-ring (bicyclic) bond motifs is 2. The van der Waals surface area contributed by atoms with E-state index < -0.39 is 273 Å². The Kier molecular flexibility index (Phi) is 21.7. The Bertz CT molecular complexity index is 2210. The number of hydrogen-bond donors (Lipinski definition) is 20. The van der Waals surface area contributed by atoms with Gasteiger partial charge in [-0.2, -0.15) is 0 Å². The van der Waals surface area contributed by atoms with Crippen LogP contribution < -0.4 is 0 Å². The number of hydrogen-bond acceptors (Lipinski definition) is 36. The fourth-order valence-corrected chi connectivity index (χ4v) is 12.7. The molecule has 23 aliphatic rings. The standard InChI is InChI=1S/C50H78O36/c51-5-15-36-23(58)30(65)45(74-15)82-38-17(7-53)76-47(32(67)25(38)60)84-40-19(9-55)78-49(34(69)27(40)62)86-42-21(11-72-43(71)14-4-12-1-2-13(14)3-12)79-50(35(70)28(42)63)85-41-20(10-56)77-48(33(68)26(41)61)83-39-18(8-54)75-46(31(66)24(39)59)81-37-16(6-52)73-44(80-36)29(64)22(37)57/h1-2,12-42,44-70H,3-11H2/t12-,13+,14+,15-,16-,17-,18-,19-,20-,21-,22-,23-,24-,25-,26-,27-,28-,29-,30-,31-,32-,33-,34-,35-,36-,37-,38-,39-,40-,41-,42-,44-,45-,46-,47-,48-,49-,50-/m1/s1. The largest absolute Gasteiger partial charge is 0.463 e. The number of aliphatic hydroxyl groups is 20. The van der Waals surface area contributed by atoms with Crippen LogP contribution in [0.25, 0.3) is 0 Å². The average Bonchev–Trinajstić information content (AvgIpc) is 1.59. The summed E-state index contributed by atoms with van der Waals surface area (Å²) < 4.78 is 86.7. The maximum absolute atomic E-state index is 13.6. The topological polar surface area (TPSA) is 560 Å². The molecule has 0 aromatic rings. The normalized spacial score (nSPS) is 54.6. The van der Waals surface area contributed by atoms with Gasteiger partial charge in [-0.05, 0) is 24.7 Å². The first-order valence-corrected chi connectivity index (χ1v) is 28.3. The van der Waals surface area contributed by atoms with Crippen molar-refractivity contribution in [2.45, 2.75) is 228 Å². The van der Waals surface area contributed by atoms with E-state index in [-0.39, 0.29) is 11.8 Å². The molecule has 86 heavy (non-hydrogen) atoms. The second-order valence-corrected chi connectivity index (χ2v) is 23.0. The summed E-state index contributed by atoms with van der Waals surface area (Å²) in [6.07, 6.45) is -66.0. The minimum Gasteiger partial charge on any atom is -0.463 e. The van der Waals surface area contributed by atoms with Crippen molar-refractivity contribution in [2.24, 2.45) is 17.8 Å². The summed E-state index contributed by atoms with van der Waals surface area (Å²) in [5.41, 5.74) is 0. The molecule has 20 N–H and O–H groups in total. The molecule has 38 atom stereocenters. The lowest BCUT2D eigenvalue weighted by atomic mass is 9.93. The van der Waals surface area contributed by atoms with Crippen LogP contribution in [0.4, 0.5) is 0 Å². The van der Waals surface area contributed by atoms with Crippen molar-refractivity contribution < 1.29 is 178 Å². The number of carbonyl (C=O) groups is 1. The highest BCUT2D eigenvalue weighted by atomic mass is 16.8. The highest BCUT2D eigenvalue weighted by molar-refractivity contribution is 5.74. The maximum Gasteiger partial charge on any atom is 0.309 e. The summed E-state index contributed by atoms with van der Waals surface area (Å²) in [6.45, 7) is -7.14. The Morgan fingerprint density at radius 2 is 0.523 bits per heavy atom. The van der Waals surface area contributed by atoms with Crippen LogP contribution >= 0.6 is 0 Å². The van der Waals surface area contributed by atoms with Crippen LogP contribution in [0.5, 0.6) is 0 Å². The highest BCUT2D eigenvalue weighted by Crippen LogP contribution is 2.45. The Morgan fingerprint density at radius 1 is 0.302 bits per heavy atom. The molecule has 21 aliphatic heterocycles. The zero-order valence-electron chi connectivity index (χ0n) is 45.4. The van der Waals surface area contributed by atoms with Gasteiger partial charge >= 0.3 is 5.97 Å². The summed E-state index contributed by atoms with van der Waals surface area (Å²) in [4.78, 5) is 13.6. The lowest BCUT2D eigenvalue weighted by Crippen LogP contribution is -2.68. The third-order valence-electron chi connectivity index (χ3n) is 17.6. The van der Waals surface area contributed by atoms with Gasteiger partial charge in [0.2, 0.25) is 0 Å². The third-order valence-corrected chi connectivity index (χ3v) is 17.6. The van der Waals surface area contributed by atoms with Crippen molar-refractivity contribution in [3.63, 3.8) is 0 Å². The molecule has 0 aromatic carbocycles. The fourth-order valence-electron chi connectivity index (χ4n) is 12.7. The minimum atomic E-state index is -2.25. The monoisotopic (exact) mass is 1250 g/mol. The van der Waals surface area contributed by atoms with Gasteiger partial charge in [-0.1, -0.05) is 12.2 Å². The lowest BCUT2D eigenvalue weighted by Gasteiger charge is -2.50. The van der Waals surface area contributed by atoms with Gasteiger partial charge in [-0.3, -0.25) is 4.79 Å².